The molecule has 3 aromatic carbocycles. The van der Waals surface area contributed by atoms with Crippen molar-refractivity contribution in [3.63, 3.8) is 0 Å². The van der Waals surface area contributed by atoms with Gasteiger partial charge < -0.3 is 10.2 Å². The molecule has 0 bridgehead atoms. The first-order valence-electron chi connectivity index (χ1n) is 13.4. The van der Waals surface area contributed by atoms with Gasteiger partial charge >= 0.3 is 0 Å². The van der Waals surface area contributed by atoms with Gasteiger partial charge in [-0.05, 0) is 47.7 Å². The van der Waals surface area contributed by atoms with Crippen LogP contribution in [0.5, 0.6) is 0 Å². The lowest BCUT2D eigenvalue weighted by molar-refractivity contribution is -0.141. The fourth-order valence-electron chi connectivity index (χ4n) is 4.25. The maximum absolute atomic E-state index is 13.7. The standard InChI is InChI=1S/C31H38ClN3O4S/c1-24(2)22-33-31(37)29(21-25-11-6-4-7-12-25)35(23-26-16-18-27(32)19-17-26)30(36)15-10-20-34(3)40(38,39)28-13-8-5-9-14-28/h4-9,11-14,16-19,24,29H,10,15,20-23H2,1-3H3,(H,33,37). The van der Waals surface area contributed by atoms with Gasteiger partial charge in [0, 0.05) is 44.5 Å². The summed E-state index contributed by atoms with van der Waals surface area (Å²) in [6.45, 7) is 4.92. The Bertz CT molecular complexity index is 1330. The van der Waals surface area contributed by atoms with Crippen LogP contribution in [0.1, 0.15) is 37.8 Å². The van der Waals surface area contributed by atoms with Crippen molar-refractivity contribution in [1.29, 1.82) is 0 Å². The van der Waals surface area contributed by atoms with E-state index in [0.29, 0.717) is 24.4 Å². The van der Waals surface area contributed by atoms with Crippen molar-refractivity contribution in [2.75, 3.05) is 20.1 Å². The second kappa shape index (κ2) is 15.0. The minimum Gasteiger partial charge on any atom is -0.354 e. The van der Waals surface area contributed by atoms with Gasteiger partial charge in [-0.1, -0.05) is 86.1 Å². The Labute approximate surface area is 243 Å². The van der Waals surface area contributed by atoms with Gasteiger partial charge in [-0.2, -0.15) is 0 Å². The Morgan fingerprint density at radius 1 is 0.875 bits per heavy atom. The summed E-state index contributed by atoms with van der Waals surface area (Å²) in [5, 5.41) is 3.59. The summed E-state index contributed by atoms with van der Waals surface area (Å²) < 4.78 is 27.1. The summed E-state index contributed by atoms with van der Waals surface area (Å²) >= 11 is 6.08. The van der Waals surface area contributed by atoms with Crippen LogP contribution in [0.25, 0.3) is 0 Å². The van der Waals surface area contributed by atoms with Gasteiger partial charge in [0.15, 0.2) is 0 Å². The normalized spacial score (nSPS) is 12.3. The molecular formula is C31H38ClN3O4S. The molecule has 3 aromatic rings. The molecule has 7 nitrogen and oxygen atoms in total. The molecule has 0 fully saturated rings. The van der Waals surface area contributed by atoms with Gasteiger partial charge in [0.1, 0.15) is 6.04 Å². The van der Waals surface area contributed by atoms with Gasteiger partial charge in [0.2, 0.25) is 21.8 Å². The van der Waals surface area contributed by atoms with E-state index in [-0.39, 0.29) is 42.1 Å². The maximum Gasteiger partial charge on any atom is 0.243 e. The lowest BCUT2D eigenvalue weighted by Gasteiger charge is -2.32. The van der Waals surface area contributed by atoms with Crippen molar-refractivity contribution >= 4 is 33.4 Å². The lowest BCUT2D eigenvalue weighted by Crippen LogP contribution is -2.51. The Morgan fingerprint density at radius 3 is 2.08 bits per heavy atom. The summed E-state index contributed by atoms with van der Waals surface area (Å²) in [6.07, 6.45) is 0.752. The molecule has 0 aliphatic rings. The Kier molecular flexibility index (Phi) is 11.7. The molecule has 1 N–H and O–H groups in total. The highest BCUT2D eigenvalue weighted by Crippen LogP contribution is 2.19. The molecule has 0 radical (unpaired) electrons. The number of nitrogens with zero attached hydrogens (tertiary/aromatic N) is 2. The number of carbonyl (C=O) groups is 2. The number of nitrogens with one attached hydrogen (secondary N) is 1. The number of amides is 2. The monoisotopic (exact) mass is 583 g/mol. The van der Waals surface area contributed by atoms with Gasteiger partial charge in [-0.3, -0.25) is 9.59 Å². The van der Waals surface area contributed by atoms with Crippen molar-refractivity contribution < 1.29 is 18.0 Å². The summed E-state index contributed by atoms with van der Waals surface area (Å²) in [6, 6.07) is 24.3. The summed E-state index contributed by atoms with van der Waals surface area (Å²) in [5.41, 5.74) is 1.78. The highest BCUT2D eigenvalue weighted by molar-refractivity contribution is 7.89. The molecule has 3 rings (SSSR count). The van der Waals surface area contributed by atoms with E-state index >= 15 is 0 Å². The van der Waals surface area contributed by atoms with Crippen molar-refractivity contribution in [3.8, 4) is 0 Å². The first-order valence-corrected chi connectivity index (χ1v) is 15.3. The molecule has 0 aliphatic carbocycles. The van der Waals surface area contributed by atoms with Crippen molar-refractivity contribution in [2.45, 2.75) is 50.6 Å². The van der Waals surface area contributed by atoms with E-state index in [1.807, 2.05) is 56.3 Å². The number of halogens is 1. The maximum atomic E-state index is 13.7. The van der Waals surface area contributed by atoms with Crippen LogP contribution in [0, 0.1) is 5.92 Å². The molecule has 9 heteroatoms. The minimum atomic E-state index is -3.66. The molecule has 0 aliphatic heterocycles. The Morgan fingerprint density at radius 2 is 1.48 bits per heavy atom. The summed E-state index contributed by atoms with van der Waals surface area (Å²) in [4.78, 5) is 29.1. The number of rotatable bonds is 14. The highest BCUT2D eigenvalue weighted by Gasteiger charge is 2.30. The van der Waals surface area contributed by atoms with E-state index in [2.05, 4.69) is 5.32 Å². The third-order valence-corrected chi connectivity index (χ3v) is 8.66. The second-order valence-corrected chi connectivity index (χ2v) is 12.7. The zero-order valence-corrected chi connectivity index (χ0v) is 24.9. The van der Waals surface area contributed by atoms with E-state index in [9.17, 15) is 18.0 Å². The van der Waals surface area contributed by atoms with Crippen LogP contribution in [0.15, 0.2) is 89.8 Å². The minimum absolute atomic E-state index is 0.0883. The topological polar surface area (TPSA) is 86.8 Å². The van der Waals surface area contributed by atoms with E-state index in [4.69, 9.17) is 11.6 Å². The molecule has 1 atom stereocenters. The molecule has 1 unspecified atom stereocenters. The van der Waals surface area contributed by atoms with E-state index < -0.39 is 16.1 Å². The number of benzene rings is 3. The quantitative estimate of drug-likeness (QED) is 0.284. The first-order chi connectivity index (χ1) is 19.1. The fourth-order valence-corrected chi connectivity index (χ4v) is 5.61. The van der Waals surface area contributed by atoms with Crippen LogP contribution < -0.4 is 5.32 Å². The van der Waals surface area contributed by atoms with Gasteiger partial charge in [0.25, 0.3) is 0 Å². The van der Waals surface area contributed by atoms with Crippen LogP contribution in [0.4, 0.5) is 0 Å². The van der Waals surface area contributed by atoms with Gasteiger partial charge in [-0.15, -0.1) is 0 Å². The van der Waals surface area contributed by atoms with Crippen LogP contribution in [-0.2, 0) is 32.6 Å². The second-order valence-electron chi connectivity index (χ2n) is 10.2. The van der Waals surface area contributed by atoms with Crippen LogP contribution in [0.2, 0.25) is 5.02 Å². The number of sulfonamides is 1. The number of hydrogen-bond acceptors (Lipinski definition) is 4. The molecule has 0 saturated heterocycles. The van der Waals surface area contributed by atoms with E-state index in [0.717, 1.165) is 11.1 Å². The molecule has 40 heavy (non-hydrogen) atoms. The average Bonchev–Trinajstić information content (AvgIpc) is 2.95. The predicted octanol–water partition coefficient (Wildman–Crippen LogP) is 5.15. The largest absolute Gasteiger partial charge is 0.354 e. The van der Waals surface area contributed by atoms with Crippen LogP contribution in [-0.4, -0.2) is 55.6 Å². The molecule has 2 amide bonds. The highest BCUT2D eigenvalue weighted by atomic mass is 35.5. The summed E-state index contributed by atoms with van der Waals surface area (Å²) in [5.74, 6) is -0.187. The SMILES string of the molecule is CC(C)CNC(=O)C(Cc1ccccc1)N(Cc1ccc(Cl)cc1)C(=O)CCCN(C)S(=O)(=O)c1ccccc1. The molecule has 0 spiro atoms. The number of hydrogen-bond donors (Lipinski definition) is 1. The van der Waals surface area contributed by atoms with Gasteiger partial charge in [-0.25, -0.2) is 12.7 Å². The molecule has 214 valence electrons. The molecule has 0 saturated carbocycles. The zero-order chi connectivity index (χ0) is 29.1. The van der Waals surface area contributed by atoms with E-state index in [1.54, 1.807) is 47.4 Å². The average molecular weight is 584 g/mol. The van der Waals surface area contributed by atoms with Crippen molar-refractivity contribution in [3.05, 3.63) is 101 Å². The fraction of sp³-hybridized carbons (Fsp3) is 0.355. The molecular weight excluding hydrogens is 546 g/mol. The lowest BCUT2D eigenvalue weighted by atomic mass is 10.0. The third kappa shape index (κ3) is 9.18. The predicted molar refractivity (Wildman–Crippen MR) is 159 cm³/mol. The van der Waals surface area contributed by atoms with Gasteiger partial charge in [0.05, 0.1) is 4.90 Å². The van der Waals surface area contributed by atoms with Crippen LogP contribution in [0.3, 0.4) is 0 Å². The molecule has 0 heterocycles. The first kappa shape index (κ1) is 31.3. The summed E-state index contributed by atoms with van der Waals surface area (Å²) in [7, 11) is -2.15. The van der Waals surface area contributed by atoms with Crippen molar-refractivity contribution in [1.82, 2.24) is 14.5 Å². The molecule has 0 aromatic heterocycles. The smallest absolute Gasteiger partial charge is 0.243 e. The Balaban J connectivity index is 1.81. The van der Waals surface area contributed by atoms with Crippen molar-refractivity contribution in [2.24, 2.45) is 5.92 Å². The Hall–Kier alpha value is -3.20. The third-order valence-electron chi connectivity index (χ3n) is 6.54. The van der Waals surface area contributed by atoms with Crippen LogP contribution >= 0.6 is 11.6 Å². The zero-order valence-electron chi connectivity index (χ0n) is 23.3. The van der Waals surface area contributed by atoms with E-state index in [1.165, 1.54) is 11.4 Å². The number of carbonyl (C=O) groups excluding carboxylic acids is 2.